The van der Waals surface area contributed by atoms with Crippen molar-refractivity contribution in [3.8, 4) is 0 Å². The molecular formula is C12H21BrF3N. The zero-order valence-electron chi connectivity index (χ0n) is 10.6. The molecule has 0 aromatic heterocycles. The van der Waals surface area contributed by atoms with Crippen molar-refractivity contribution in [3.05, 3.63) is 0 Å². The first-order valence-electron chi connectivity index (χ1n) is 6.04. The predicted octanol–water partition coefficient (Wildman–Crippen LogP) is 4.07. The Balaban J connectivity index is 2.38. The third-order valence-electron chi connectivity index (χ3n) is 3.59. The van der Waals surface area contributed by atoms with Crippen molar-refractivity contribution in [1.29, 1.82) is 0 Å². The number of likely N-dealkylation sites (tertiary alicyclic amines) is 1. The summed E-state index contributed by atoms with van der Waals surface area (Å²) < 4.78 is 37.2. The zero-order valence-corrected chi connectivity index (χ0v) is 12.2. The fraction of sp³-hybridized carbons (Fsp3) is 1.00. The van der Waals surface area contributed by atoms with Gasteiger partial charge in [0, 0.05) is 6.54 Å². The number of halogens is 4. The highest BCUT2D eigenvalue weighted by Gasteiger charge is 2.39. The lowest BCUT2D eigenvalue weighted by Gasteiger charge is -2.39. The highest BCUT2D eigenvalue weighted by Crippen LogP contribution is 2.35. The van der Waals surface area contributed by atoms with Crippen LogP contribution in [-0.2, 0) is 0 Å². The van der Waals surface area contributed by atoms with Crippen LogP contribution in [0.1, 0.15) is 33.6 Å². The first-order valence-corrected chi connectivity index (χ1v) is 6.95. The molecule has 1 rings (SSSR count). The van der Waals surface area contributed by atoms with Gasteiger partial charge in [-0.05, 0) is 37.3 Å². The number of nitrogens with zero attached hydrogens (tertiary/aromatic N) is 1. The summed E-state index contributed by atoms with van der Waals surface area (Å²) in [4.78, 5) is 0.510. The second-order valence-electron chi connectivity index (χ2n) is 5.95. The summed E-state index contributed by atoms with van der Waals surface area (Å²) in [5.41, 5.74) is 0.268. The molecule has 0 aliphatic carbocycles. The Morgan fingerprint density at radius 3 is 2.00 bits per heavy atom. The second-order valence-corrected chi connectivity index (χ2v) is 7.06. The van der Waals surface area contributed by atoms with Crippen molar-refractivity contribution in [2.75, 3.05) is 19.6 Å². The van der Waals surface area contributed by atoms with E-state index in [1.807, 2.05) is 4.90 Å². The first-order chi connectivity index (χ1) is 7.60. The molecule has 1 unspecified atom stereocenters. The van der Waals surface area contributed by atoms with Gasteiger partial charge in [-0.2, -0.15) is 13.2 Å². The summed E-state index contributed by atoms with van der Waals surface area (Å²) in [6, 6.07) is 0. The van der Waals surface area contributed by atoms with Crippen LogP contribution in [0.15, 0.2) is 0 Å². The van der Waals surface area contributed by atoms with Crippen LogP contribution in [0, 0.1) is 11.3 Å². The molecule has 1 nitrogen and oxygen atoms in total. The molecule has 0 aromatic carbocycles. The van der Waals surface area contributed by atoms with E-state index >= 15 is 0 Å². The van der Waals surface area contributed by atoms with E-state index in [4.69, 9.17) is 0 Å². The van der Waals surface area contributed by atoms with Gasteiger partial charge < -0.3 is 4.90 Å². The number of alkyl halides is 4. The minimum absolute atomic E-state index is 0.0698. The summed E-state index contributed by atoms with van der Waals surface area (Å²) >= 11 is 2.72. The molecule has 5 heteroatoms. The average molecular weight is 316 g/mol. The van der Waals surface area contributed by atoms with E-state index in [2.05, 4.69) is 36.7 Å². The Morgan fingerprint density at radius 1 is 1.18 bits per heavy atom. The topological polar surface area (TPSA) is 3.24 Å². The number of hydrogen-bond donors (Lipinski definition) is 0. The first kappa shape index (κ1) is 15.3. The van der Waals surface area contributed by atoms with E-state index < -0.39 is 11.0 Å². The molecule has 0 saturated carbocycles. The van der Waals surface area contributed by atoms with Crippen molar-refractivity contribution >= 4 is 15.9 Å². The lowest BCUT2D eigenvalue weighted by molar-refractivity contribution is -0.131. The number of rotatable bonds is 2. The van der Waals surface area contributed by atoms with E-state index in [-0.39, 0.29) is 12.0 Å². The van der Waals surface area contributed by atoms with E-state index in [1.165, 1.54) is 0 Å². The Morgan fingerprint density at radius 2 is 1.65 bits per heavy atom. The van der Waals surface area contributed by atoms with E-state index in [9.17, 15) is 13.2 Å². The minimum Gasteiger partial charge on any atom is -0.302 e. The highest BCUT2D eigenvalue weighted by molar-refractivity contribution is 9.09. The Bertz CT molecular complexity index is 239. The third kappa shape index (κ3) is 4.78. The standard InChI is InChI=1S/C12H21BrF3N/c1-11(2,3)9-4-6-17(7-5-9)8-10(13)12(14,15)16/h9-10H,4-8H2,1-3H3. The Kier molecular flexibility index (Phi) is 4.92. The van der Waals surface area contributed by atoms with Crippen LogP contribution in [0.4, 0.5) is 13.2 Å². The third-order valence-corrected chi connectivity index (χ3v) is 4.39. The van der Waals surface area contributed by atoms with Crippen molar-refractivity contribution in [2.24, 2.45) is 11.3 Å². The molecule has 0 aromatic rings. The zero-order chi connectivity index (χ0) is 13.3. The van der Waals surface area contributed by atoms with Crippen molar-refractivity contribution in [3.63, 3.8) is 0 Å². The maximum atomic E-state index is 12.4. The fourth-order valence-electron chi connectivity index (χ4n) is 2.31. The van der Waals surface area contributed by atoms with Crippen LogP contribution in [0.25, 0.3) is 0 Å². The van der Waals surface area contributed by atoms with Gasteiger partial charge in [0.05, 0.1) is 0 Å². The van der Waals surface area contributed by atoms with Gasteiger partial charge in [0.2, 0.25) is 0 Å². The van der Waals surface area contributed by atoms with Gasteiger partial charge in [0.15, 0.2) is 0 Å². The van der Waals surface area contributed by atoms with Gasteiger partial charge in [-0.3, -0.25) is 0 Å². The summed E-state index contributed by atoms with van der Waals surface area (Å²) in [5, 5.41) is 0. The van der Waals surface area contributed by atoms with Crippen LogP contribution in [0.5, 0.6) is 0 Å². The van der Waals surface area contributed by atoms with Gasteiger partial charge in [0.25, 0.3) is 0 Å². The van der Waals surface area contributed by atoms with Gasteiger partial charge >= 0.3 is 6.18 Å². The normalized spacial score (nSPS) is 22.8. The molecule has 0 radical (unpaired) electrons. The lowest BCUT2D eigenvalue weighted by atomic mass is 9.75. The summed E-state index contributed by atoms with van der Waals surface area (Å²) in [5.74, 6) is 0.624. The molecule has 0 amide bonds. The van der Waals surface area contributed by atoms with Gasteiger partial charge in [0.1, 0.15) is 4.83 Å². The quantitative estimate of drug-likeness (QED) is 0.694. The van der Waals surface area contributed by atoms with Gasteiger partial charge in [-0.15, -0.1) is 0 Å². The summed E-state index contributed by atoms with van der Waals surface area (Å²) in [7, 11) is 0. The van der Waals surface area contributed by atoms with E-state index in [0.717, 1.165) is 25.9 Å². The number of piperidine rings is 1. The van der Waals surface area contributed by atoms with E-state index in [0.29, 0.717) is 5.92 Å². The predicted molar refractivity (Wildman–Crippen MR) is 67.4 cm³/mol. The van der Waals surface area contributed by atoms with Crippen molar-refractivity contribution < 1.29 is 13.2 Å². The maximum Gasteiger partial charge on any atom is 0.402 e. The Hall–Kier alpha value is 0.230. The van der Waals surface area contributed by atoms with Crippen molar-refractivity contribution in [1.82, 2.24) is 4.90 Å². The molecule has 1 aliphatic heterocycles. The van der Waals surface area contributed by atoms with Crippen LogP contribution < -0.4 is 0 Å². The van der Waals surface area contributed by atoms with Crippen LogP contribution >= 0.6 is 15.9 Å². The fourth-order valence-corrected chi connectivity index (χ4v) is 2.72. The highest BCUT2D eigenvalue weighted by atomic mass is 79.9. The van der Waals surface area contributed by atoms with E-state index in [1.54, 1.807) is 0 Å². The van der Waals surface area contributed by atoms with Gasteiger partial charge in [-0.25, -0.2) is 0 Å². The molecular weight excluding hydrogens is 295 g/mol. The molecule has 1 saturated heterocycles. The maximum absolute atomic E-state index is 12.4. The summed E-state index contributed by atoms with van der Waals surface area (Å²) in [6.07, 6.45) is -2.14. The minimum atomic E-state index is -4.14. The lowest BCUT2D eigenvalue weighted by Crippen LogP contribution is -2.43. The van der Waals surface area contributed by atoms with Crippen LogP contribution in [0.2, 0.25) is 0 Å². The smallest absolute Gasteiger partial charge is 0.302 e. The van der Waals surface area contributed by atoms with Gasteiger partial charge in [-0.1, -0.05) is 36.7 Å². The monoisotopic (exact) mass is 315 g/mol. The average Bonchev–Trinajstić information content (AvgIpc) is 2.15. The largest absolute Gasteiger partial charge is 0.402 e. The van der Waals surface area contributed by atoms with Crippen molar-refractivity contribution in [2.45, 2.75) is 44.6 Å². The summed E-state index contributed by atoms with van der Waals surface area (Å²) in [6.45, 7) is 8.24. The second kappa shape index (κ2) is 5.47. The molecule has 1 heterocycles. The molecule has 102 valence electrons. The molecule has 0 N–H and O–H groups in total. The molecule has 1 fully saturated rings. The molecule has 1 aliphatic rings. The molecule has 17 heavy (non-hydrogen) atoms. The number of hydrogen-bond acceptors (Lipinski definition) is 1. The van der Waals surface area contributed by atoms with Crippen LogP contribution in [-0.4, -0.2) is 35.5 Å². The van der Waals surface area contributed by atoms with Crippen LogP contribution in [0.3, 0.4) is 0 Å². The SMILES string of the molecule is CC(C)(C)C1CCN(CC(Br)C(F)(F)F)CC1. The molecule has 1 atom stereocenters. The Labute approximate surface area is 110 Å². The molecule has 0 bridgehead atoms. The molecule has 0 spiro atoms.